The minimum absolute atomic E-state index is 0.160. The number of nitrogens with zero attached hydrogens (tertiary/aromatic N) is 2. The number of anilines is 1. The standard InChI is InChI=1S/C40H57ClN4O3S2/c1-4-7-30-22-35(41)12-14-36(30)34-26-45-25-33-10-13-37(33)32(24-44-18-6-20-49-21-17-42-16-19-44)9-5-8-28(2)29(3)50(47)43-40(46)31-11-15-39(48-27-34)38(45)23-31/h5,9,11-12,14-15,22-23,28-29,32-34,37,42H,4,6-8,10,13,16-21,24-27H2,1-3H3,(H,43,46)/b9-5+. The van der Waals surface area contributed by atoms with Crippen LogP contribution in [0.4, 0.5) is 5.69 Å². The van der Waals surface area contributed by atoms with Gasteiger partial charge >= 0.3 is 0 Å². The molecule has 7 nitrogen and oxygen atoms in total. The maximum Gasteiger partial charge on any atom is 0.292 e. The minimum Gasteiger partial charge on any atom is -0.593 e. The van der Waals surface area contributed by atoms with Gasteiger partial charge in [0.15, 0.2) is 0 Å². The van der Waals surface area contributed by atoms with Crippen molar-refractivity contribution in [2.75, 3.05) is 68.8 Å². The molecule has 50 heavy (non-hydrogen) atoms. The van der Waals surface area contributed by atoms with Crippen molar-refractivity contribution in [2.24, 2.45) is 23.7 Å². The highest BCUT2D eigenvalue weighted by molar-refractivity contribution is 7.99. The van der Waals surface area contributed by atoms with Crippen LogP contribution in [0.3, 0.4) is 0 Å². The van der Waals surface area contributed by atoms with Crippen LogP contribution < -0.4 is 19.7 Å². The first kappa shape index (κ1) is 37.9. The van der Waals surface area contributed by atoms with Crippen molar-refractivity contribution in [1.82, 2.24) is 14.9 Å². The van der Waals surface area contributed by atoms with Gasteiger partial charge in [-0.3, -0.25) is 4.79 Å². The highest BCUT2D eigenvalue weighted by Crippen LogP contribution is 2.44. The summed E-state index contributed by atoms with van der Waals surface area (Å²) < 4.78 is 22.8. The van der Waals surface area contributed by atoms with Crippen LogP contribution in [0.25, 0.3) is 0 Å². The van der Waals surface area contributed by atoms with Gasteiger partial charge in [-0.05, 0) is 111 Å². The lowest BCUT2D eigenvalue weighted by molar-refractivity contribution is 0.0980. The summed E-state index contributed by atoms with van der Waals surface area (Å²) in [4.78, 5) is 18.7. The zero-order valence-electron chi connectivity index (χ0n) is 30.2. The van der Waals surface area contributed by atoms with Crippen molar-refractivity contribution in [2.45, 2.75) is 70.5 Å². The van der Waals surface area contributed by atoms with E-state index < -0.39 is 11.4 Å². The quantitative estimate of drug-likeness (QED) is 0.246. The largest absolute Gasteiger partial charge is 0.593 e. The van der Waals surface area contributed by atoms with Crippen molar-refractivity contribution in [1.29, 1.82) is 0 Å². The van der Waals surface area contributed by atoms with Crippen LogP contribution in [-0.4, -0.2) is 84.5 Å². The number of ether oxygens (including phenoxy) is 1. The number of fused-ring (bicyclic) bond motifs is 2. The van der Waals surface area contributed by atoms with E-state index in [-0.39, 0.29) is 23.0 Å². The molecule has 3 heterocycles. The molecule has 4 aliphatic rings. The number of carbonyl (C=O) groups is 1. The summed E-state index contributed by atoms with van der Waals surface area (Å²) in [6.07, 6.45) is 11.4. The minimum atomic E-state index is -1.50. The molecule has 0 aromatic heterocycles. The van der Waals surface area contributed by atoms with Gasteiger partial charge in [-0.25, -0.2) is 0 Å². The van der Waals surface area contributed by atoms with E-state index in [0.717, 1.165) is 81.5 Å². The van der Waals surface area contributed by atoms with Crippen molar-refractivity contribution >= 4 is 46.3 Å². The second kappa shape index (κ2) is 18.2. The van der Waals surface area contributed by atoms with E-state index in [0.29, 0.717) is 29.9 Å². The average Bonchev–Trinajstić information content (AvgIpc) is 3.27. The van der Waals surface area contributed by atoms with Crippen LogP contribution in [0.2, 0.25) is 5.02 Å². The fourth-order valence-electron chi connectivity index (χ4n) is 8.17. The molecule has 2 N–H and O–H groups in total. The van der Waals surface area contributed by atoms with E-state index in [4.69, 9.17) is 16.3 Å². The van der Waals surface area contributed by atoms with Gasteiger partial charge in [0.05, 0.1) is 23.7 Å². The second-order valence-corrected chi connectivity index (χ2v) is 18.1. The molecular weight excluding hydrogens is 684 g/mol. The van der Waals surface area contributed by atoms with Crippen LogP contribution in [-0.2, 0) is 17.8 Å². The molecule has 7 atom stereocenters. The zero-order chi connectivity index (χ0) is 35.0. The maximum absolute atomic E-state index is 13.5. The summed E-state index contributed by atoms with van der Waals surface area (Å²) in [5.74, 6) is 4.85. The third-order valence-electron chi connectivity index (χ3n) is 11.5. The number of nitrogens with one attached hydrogen (secondary N) is 2. The molecule has 2 bridgehead atoms. The van der Waals surface area contributed by atoms with Gasteiger partial charge in [-0.2, -0.15) is 16.5 Å². The number of thioether (sulfide) groups is 1. The number of carbonyl (C=O) groups excluding carboxylic acids is 1. The Kier molecular flexibility index (Phi) is 13.8. The highest BCUT2D eigenvalue weighted by atomic mass is 35.5. The van der Waals surface area contributed by atoms with E-state index in [2.05, 4.69) is 69.7 Å². The van der Waals surface area contributed by atoms with Crippen LogP contribution in [0.1, 0.15) is 80.3 Å². The lowest BCUT2D eigenvalue weighted by Crippen LogP contribution is -2.46. The van der Waals surface area contributed by atoms with Gasteiger partial charge in [-0.1, -0.05) is 50.1 Å². The summed E-state index contributed by atoms with van der Waals surface area (Å²) in [5.41, 5.74) is 4.07. The Morgan fingerprint density at radius 1 is 1.08 bits per heavy atom. The van der Waals surface area contributed by atoms with E-state index in [9.17, 15) is 9.35 Å². The van der Waals surface area contributed by atoms with E-state index in [1.165, 1.54) is 41.9 Å². The smallest absolute Gasteiger partial charge is 0.292 e. The molecule has 7 unspecified atom stereocenters. The molecule has 1 amide bonds. The summed E-state index contributed by atoms with van der Waals surface area (Å²) >= 11 is 7.06. The number of hydrogen-bond acceptors (Lipinski definition) is 7. The summed E-state index contributed by atoms with van der Waals surface area (Å²) in [5, 5.41) is 4.26. The molecule has 1 saturated carbocycles. The van der Waals surface area contributed by atoms with E-state index in [1.807, 2.05) is 31.2 Å². The lowest BCUT2D eigenvalue weighted by Gasteiger charge is -2.45. The molecule has 1 saturated heterocycles. The molecule has 0 radical (unpaired) electrons. The first-order chi connectivity index (χ1) is 24.3. The zero-order valence-corrected chi connectivity index (χ0v) is 32.6. The normalized spacial score (nSPS) is 30.9. The van der Waals surface area contributed by atoms with Crippen LogP contribution >= 0.6 is 23.4 Å². The average molecular weight is 742 g/mol. The number of benzene rings is 2. The third kappa shape index (κ3) is 9.56. The molecule has 6 rings (SSSR count). The van der Waals surface area contributed by atoms with Crippen molar-refractivity contribution in [3.05, 3.63) is 70.3 Å². The molecule has 274 valence electrons. The predicted octanol–water partition coefficient (Wildman–Crippen LogP) is 7.32. The molecule has 0 spiro atoms. The first-order valence-corrected chi connectivity index (χ1v) is 21.7. The van der Waals surface area contributed by atoms with Gasteiger partial charge in [0.1, 0.15) is 11.0 Å². The maximum atomic E-state index is 13.5. The van der Waals surface area contributed by atoms with Crippen molar-refractivity contribution in [3.63, 3.8) is 0 Å². The van der Waals surface area contributed by atoms with Crippen LogP contribution in [0.15, 0.2) is 48.6 Å². The molecular formula is C40H57ClN4O3S2. The van der Waals surface area contributed by atoms with Gasteiger partial charge in [0.2, 0.25) is 0 Å². The summed E-state index contributed by atoms with van der Waals surface area (Å²) in [6.45, 7) is 14.1. The SMILES string of the molecule is CCCc1cc(Cl)ccc1C1COc2ccc3cc2N(C1)CC1CCC1C(CN1CCCSCCNCC1)/C=C/CC(C)C(C)[S+]([O-])NC3=O. The number of allylic oxidation sites excluding steroid dienone is 1. The topological polar surface area (TPSA) is 79.9 Å². The van der Waals surface area contributed by atoms with Crippen LogP contribution in [0.5, 0.6) is 5.75 Å². The number of aryl methyl sites for hydroxylation is 1. The van der Waals surface area contributed by atoms with Crippen molar-refractivity contribution < 1.29 is 14.1 Å². The highest BCUT2D eigenvalue weighted by Gasteiger charge is 2.39. The molecule has 1 aliphatic carbocycles. The van der Waals surface area contributed by atoms with E-state index in [1.54, 1.807) is 0 Å². The Morgan fingerprint density at radius 3 is 2.78 bits per heavy atom. The second-order valence-electron chi connectivity index (χ2n) is 14.9. The van der Waals surface area contributed by atoms with Crippen molar-refractivity contribution in [3.8, 4) is 5.75 Å². The molecule has 2 fully saturated rings. The number of amides is 1. The van der Waals surface area contributed by atoms with Gasteiger partial charge in [0, 0.05) is 67.4 Å². The summed E-state index contributed by atoms with van der Waals surface area (Å²) in [7, 11) is 0. The number of halogens is 1. The fraction of sp³-hybridized carbons (Fsp3) is 0.625. The summed E-state index contributed by atoms with van der Waals surface area (Å²) in [6, 6.07) is 12.1. The fourth-order valence-corrected chi connectivity index (χ4v) is 10.2. The van der Waals surface area contributed by atoms with Crippen LogP contribution in [0, 0.1) is 23.7 Å². The third-order valence-corrected chi connectivity index (χ3v) is 14.3. The first-order valence-electron chi connectivity index (χ1n) is 19.0. The molecule has 10 heteroatoms. The monoisotopic (exact) mass is 740 g/mol. The Hall–Kier alpha value is -1.88. The Labute approximate surface area is 313 Å². The van der Waals surface area contributed by atoms with Gasteiger partial charge in [0.25, 0.3) is 5.91 Å². The Balaban J connectivity index is 1.33. The number of hydrogen-bond donors (Lipinski definition) is 2. The van der Waals surface area contributed by atoms with Gasteiger partial charge in [-0.15, -0.1) is 0 Å². The number of rotatable bonds is 5. The van der Waals surface area contributed by atoms with Gasteiger partial charge < -0.3 is 24.4 Å². The Morgan fingerprint density at radius 2 is 1.96 bits per heavy atom. The Bertz CT molecular complexity index is 1450. The molecule has 2 aromatic carbocycles. The lowest BCUT2D eigenvalue weighted by atomic mass is 9.66. The predicted molar refractivity (Wildman–Crippen MR) is 211 cm³/mol. The molecule has 2 aromatic rings. The molecule has 3 aliphatic heterocycles. The van der Waals surface area contributed by atoms with E-state index >= 15 is 0 Å².